The van der Waals surface area contributed by atoms with Gasteiger partial charge in [-0.1, -0.05) is 18.2 Å². The van der Waals surface area contributed by atoms with E-state index in [0.717, 1.165) is 29.5 Å². The lowest BCUT2D eigenvalue weighted by atomic mass is 9.68. The molecule has 0 aliphatic carbocycles. The van der Waals surface area contributed by atoms with Crippen molar-refractivity contribution in [2.75, 3.05) is 0 Å². The van der Waals surface area contributed by atoms with Gasteiger partial charge in [-0.2, -0.15) is 5.26 Å². The van der Waals surface area contributed by atoms with Gasteiger partial charge in [0, 0.05) is 0 Å². The standard InChI is InChI=1S/C16H19NO2/c1-10-4-3-5-13(11(10)2)15(18)16(9-17)8-12-6-7-14(16)19-12/h3-5,12,14-15,18H,6-8H2,1-2H3. The zero-order chi connectivity index (χ0) is 13.6. The van der Waals surface area contributed by atoms with Crippen LogP contribution in [0.2, 0.25) is 0 Å². The third kappa shape index (κ3) is 1.71. The Kier molecular flexibility index (Phi) is 2.88. The highest BCUT2D eigenvalue weighted by Crippen LogP contribution is 2.54. The number of benzene rings is 1. The molecule has 2 fully saturated rings. The number of hydrogen-bond donors (Lipinski definition) is 1. The molecule has 0 saturated carbocycles. The largest absolute Gasteiger partial charge is 0.387 e. The van der Waals surface area contributed by atoms with Gasteiger partial charge in [-0.3, -0.25) is 0 Å². The molecule has 2 aliphatic heterocycles. The molecule has 0 aromatic heterocycles. The van der Waals surface area contributed by atoms with Crippen LogP contribution in [0.25, 0.3) is 0 Å². The third-order valence-electron chi connectivity index (χ3n) is 4.88. The first kappa shape index (κ1) is 12.7. The molecule has 2 aliphatic rings. The summed E-state index contributed by atoms with van der Waals surface area (Å²) in [6, 6.07) is 8.28. The Morgan fingerprint density at radius 3 is 2.79 bits per heavy atom. The Hall–Kier alpha value is -1.37. The average Bonchev–Trinajstić information content (AvgIpc) is 3.02. The van der Waals surface area contributed by atoms with Crippen molar-refractivity contribution in [1.29, 1.82) is 5.26 Å². The second-order valence-electron chi connectivity index (χ2n) is 5.87. The Labute approximate surface area is 113 Å². The van der Waals surface area contributed by atoms with E-state index in [1.807, 2.05) is 32.0 Å². The second-order valence-corrected chi connectivity index (χ2v) is 5.87. The van der Waals surface area contributed by atoms with E-state index in [-0.39, 0.29) is 12.2 Å². The van der Waals surface area contributed by atoms with Crippen molar-refractivity contribution in [2.24, 2.45) is 5.41 Å². The van der Waals surface area contributed by atoms with Crippen molar-refractivity contribution in [3.63, 3.8) is 0 Å². The Morgan fingerprint density at radius 2 is 2.21 bits per heavy atom. The van der Waals surface area contributed by atoms with Gasteiger partial charge in [0.05, 0.1) is 18.3 Å². The van der Waals surface area contributed by atoms with Crippen LogP contribution in [-0.2, 0) is 4.74 Å². The van der Waals surface area contributed by atoms with Gasteiger partial charge in [0.1, 0.15) is 11.5 Å². The van der Waals surface area contributed by atoms with Crippen molar-refractivity contribution in [2.45, 2.75) is 51.4 Å². The lowest BCUT2D eigenvalue weighted by molar-refractivity contribution is 0.00309. The van der Waals surface area contributed by atoms with Crippen LogP contribution in [0, 0.1) is 30.6 Å². The number of hydrogen-bond acceptors (Lipinski definition) is 3. The fraction of sp³-hybridized carbons (Fsp3) is 0.562. The van der Waals surface area contributed by atoms with Gasteiger partial charge in [0.2, 0.25) is 0 Å². The molecule has 0 radical (unpaired) electrons. The SMILES string of the molecule is Cc1cccc(C(O)C2(C#N)CC3CCC2O3)c1C. The Morgan fingerprint density at radius 1 is 1.42 bits per heavy atom. The topological polar surface area (TPSA) is 53.2 Å². The van der Waals surface area contributed by atoms with Crippen LogP contribution < -0.4 is 0 Å². The zero-order valence-corrected chi connectivity index (χ0v) is 11.4. The first-order valence-electron chi connectivity index (χ1n) is 6.89. The molecule has 4 unspecified atom stereocenters. The minimum Gasteiger partial charge on any atom is -0.387 e. The van der Waals surface area contributed by atoms with E-state index in [9.17, 15) is 10.4 Å². The van der Waals surface area contributed by atoms with Gasteiger partial charge < -0.3 is 9.84 Å². The molecule has 2 bridgehead atoms. The van der Waals surface area contributed by atoms with Gasteiger partial charge in [0.25, 0.3) is 0 Å². The van der Waals surface area contributed by atoms with Gasteiger partial charge in [-0.25, -0.2) is 0 Å². The molecule has 1 aromatic rings. The summed E-state index contributed by atoms with van der Waals surface area (Å²) in [7, 11) is 0. The number of nitriles is 1. The van der Waals surface area contributed by atoms with Crippen LogP contribution in [0.15, 0.2) is 18.2 Å². The van der Waals surface area contributed by atoms with Crippen molar-refractivity contribution >= 4 is 0 Å². The number of rotatable bonds is 2. The number of aryl methyl sites for hydroxylation is 1. The maximum Gasteiger partial charge on any atom is 0.116 e. The van der Waals surface area contributed by atoms with Crippen LogP contribution in [-0.4, -0.2) is 17.3 Å². The van der Waals surface area contributed by atoms with Gasteiger partial charge in [-0.05, 0) is 49.8 Å². The molecule has 1 aromatic carbocycles. The number of ether oxygens (including phenoxy) is 1. The van der Waals surface area contributed by atoms with Crippen molar-refractivity contribution in [3.05, 3.63) is 34.9 Å². The van der Waals surface area contributed by atoms with Crippen LogP contribution >= 0.6 is 0 Å². The summed E-state index contributed by atoms with van der Waals surface area (Å²) in [5.74, 6) is 0. The first-order valence-corrected chi connectivity index (χ1v) is 6.89. The number of nitrogens with zero attached hydrogens (tertiary/aromatic N) is 1. The highest BCUT2D eigenvalue weighted by Gasteiger charge is 2.57. The van der Waals surface area contributed by atoms with Crippen LogP contribution in [0.4, 0.5) is 0 Å². The highest BCUT2D eigenvalue weighted by molar-refractivity contribution is 5.37. The first-order chi connectivity index (χ1) is 9.08. The van der Waals surface area contributed by atoms with E-state index in [2.05, 4.69) is 6.07 Å². The van der Waals surface area contributed by atoms with Crippen molar-refractivity contribution < 1.29 is 9.84 Å². The normalized spacial score (nSPS) is 34.2. The summed E-state index contributed by atoms with van der Waals surface area (Å²) in [5, 5.41) is 20.4. The predicted octanol–water partition coefficient (Wildman–Crippen LogP) is 2.80. The van der Waals surface area contributed by atoms with Gasteiger partial charge in [-0.15, -0.1) is 0 Å². The van der Waals surface area contributed by atoms with E-state index in [4.69, 9.17) is 4.74 Å². The average molecular weight is 257 g/mol. The molecule has 19 heavy (non-hydrogen) atoms. The molecule has 3 rings (SSSR count). The third-order valence-corrected chi connectivity index (χ3v) is 4.88. The predicted molar refractivity (Wildman–Crippen MR) is 71.4 cm³/mol. The molecule has 2 heterocycles. The minimum atomic E-state index is -0.762. The summed E-state index contributed by atoms with van der Waals surface area (Å²) in [4.78, 5) is 0. The monoisotopic (exact) mass is 257 g/mol. The number of aliphatic hydroxyl groups is 1. The fourth-order valence-electron chi connectivity index (χ4n) is 3.56. The second kappa shape index (κ2) is 4.33. The van der Waals surface area contributed by atoms with E-state index in [1.165, 1.54) is 0 Å². The quantitative estimate of drug-likeness (QED) is 0.886. The molecule has 3 nitrogen and oxygen atoms in total. The molecule has 3 heteroatoms. The zero-order valence-electron chi connectivity index (χ0n) is 11.4. The van der Waals surface area contributed by atoms with Crippen LogP contribution in [0.3, 0.4) is 0 Å². The van der Waals surface area contributed by atoms with E-state index >= 15 is 0 Å². The van der Waals surface area contributed by atoms with Gasteiger partial charge in [0.15, 0.2) is 0 Å². The molecule has 0 spiro atoms. The summed E-state index contributed by atoms with van der Waals surface area (Å²) in [6.07, 6.45) is 1.85. The lowest BCUT2D eigenvalue weighted by Crippen LogP contribution is -2.37. The number of fused-ring (bicyclic) bond motifs is 2. The Bertz CT molecular complexity index is 548. The van der Waals surface area contributed by atoms with E-state index in [1.54, 1.807) is 0 Å². The van der Waals surface area contributed by atoms with E-state index < -0.39 is 11.5 Å². The lowest BCUT2D eigenvalue weighted by Gasteiger charge is -2.34. The van der Waals surface area contributed by atoms with E-state index in [0.29, 0.717) is 6.42 Å². The Balaban J connectivity index is 2.01. The maximum atomic E-state index is 10.8. The molecule has 100 valence electrons. The molecule has 2 saturated heterocycles. The summed E-state index contributed by atoms with van der Waals surface area (Å²) >= 11 is 0. The summed E-state index contributed by atoms with van der Waals surface area (Å²) < 4.78 is 5.81. The molecule has 4 atom stereocenters. The van der Waals surface area contributed by atoms with Crippen LogP contribution in [0.5, 0.6) is 0 Å². The maximum absolute atomic E-state index is 10.8. The summed E-state index contributed by atoms with van der Waals surface area (Å²) in [6.45, 7) is 4.04. The summed E-state index contributed by atoms with van der Waals surface area (Å²) in [5.41, 5.74) is 2.33. The molecular weight excluding hydrogens is 238 g/mol. The van der Waals surface area contributed by atoms with Crippen LogP contribution in [0.1, 0.15) is 42.1 Å². The molecule has 0 amide bonds. The fourth-order valence-corrected chi connectivity index (χ4v) is 3.56. The molecular formula is C16H19NO2. The minimum absolute atomic E-state index is 0.114. The number of aliphatic hydroxyl groups excluding tert-OH is 1. The van der Waals surface area contributed by atoms with Crippen molar-refractivity contribution in [3.8, 4) is 6.07 Å². The smallest absolute Gasteiger partial charge is 0.116 e. The highest BCUT2D eigenvalue weighted by atomic mass is 16.5. The van der Waals surface area contributed by atoms with Crippen molar-refractivity contribution in [1.82, 2.24) is 0 Å². The van der Waals surface area contributed by atoms with Gasteiger partial charge >= 0.3 is 0 Å². The molecule has 1 N–H and O–H groups in total.